The van der Waals surface area contributed by atoms with Crippen LogP contribution in [0.15, 0.2) is 30.5 Å². The van der Waals surface area contributed by atoms with Crippen molar-refractivity contribution in [3.8, 4) is 11.3 Å². The van der Waals surface area contributed by atoms with Crippen LogP contribution in [0.3, 0.4) is 0 Å². The fraction of sp³-hybridized carbons (Fsp3) is 0.375. The van der Waals surface area contributed by atoms with Gasteiger partial charge in [0.1, 0.15) is 0 Å². The van der Waals surface area contributed by atoms with E-state index in [1.807, 2.05) is 26.0 Å². The minimum Gasteiger partial charge on any atom is -0.396 e. The summed E-state index contributed by atoms with van der Waals surface area (Å²) in [4.78, 5) is 12.4. The van der Waals surface area contributed by atoms with E-state index in [0.29, 0.717) is 29.2 Å². The highest BCUT2D eigenvalue weighted by Gasteiger charge is 2.21. The smallest absolute Gasteiger partial charge is 0.255 e. The molecule has 0 atom stereocenters. The first kappa shape index (κ1) is 16.5. The second-order valence-electron chi connectivity index (χ2n) is 5.99. The van der Waals surface area contributed by atoms with Crippen LogP contribution in [-0.2, 0) is 0 Å². The Bertz CT molecular complexity index is 635. The van der Waals surface area contributed by atoms with Crippen molar-refractivity contribution in [2.45, 2.75) is 20.3 Å². The van der Waals surface area contributed by atoms with Gasteiger partial charge in [-0.15, -0.1) is 0 Å². The van der Waals surface area contributed by atoms with E-state index in [2.05, 4.69) is 15.5 Å². The van der Waals surface area contributed by atoms with Crippen LogP contribution >= 0.6 is 11.6 Å². The topological polar surface area (TPSA) is 78.0 Å². The third-order valence-electron chi connectivity index (χ3n) is 3.53. The van der Waals surface area contributed by atoms with Crippen LogP contribution in [0.1, 0.15) is 30.6 Å². The van der Waals surface area contributed by atoms with Crippen molar-refractivity contribution in [3.63, 3.8) is 0 Å². The normalized spacial score (nSPS) is 11.5. The molecule has 0 saturated carbocycles. The molecule has 118 valence electrons. The van der Waals surface area contributed by atoms with E-state index in [0.717, 1.165) is 5.56 Å². The molecule has 0 fully saturated rings. The molecule has 6 heteroatoms. The molecular formula is C16H20ClN3O2. The van der Waals surface area contributed by atoms with E-state index in [4.69, 9.17) is 16.7 Å². The first-order valence-electron chi connectivity index (χ1n) is 7.11. The molecule has 2 aromatic rings. The van der Waals surface area contributed by atoms with Crippen LogP contribution in [0.4, 0.5) is 0 Å². The van der Waals surface area contributed by atoms with E-state index in [1.165, 1.54) is 6.20 Å². The van der Waals surface area contributed by atoms with Crippen LogP contribution in [0.2, 0.25) is 5.02 Å². The monoisotopic (exact) mass is 321 g/mol. The number of halogens is 1. The fourth-order valence-corrected chi connectivity index (χ4v) is 2.23. The van der Waals surface area contributed by atoms with E-state index < -0.39 is 0 Å². The van der Waals surface area contributed by atoms with Gasteiger partial charge in [-0.05, 0) is 24.0 Å². The molecule has 0 aliphatic heterocycles. The lowest BCUT2D eigenvalue weighted by Gasteiger charge is -2.23. The van der Waals surface area contributed by atoms with Crippen molar-refractivity contribution in [2.75, 3.05) is 13.2 Å². The number of benzene rings is 1. The average molecular weight is 322 g/mol. The molecule has 3 N–H and O–H groups in total. The number of aromatic nitrogens is 2. The summed E-state index contributed by atoms with van der Waals surface area (Å²) in [5, 5.41) is 19.4. The van der Waals surface area contributed by atoms with Crippen molar-refractivity contribution < 1.29 is 9.90 Å². The average Bonchev–Trinajstić information content (AvgIpc) is 2.95. The van der Waals surface area contributed by atoms with E-state index in [9.17, 15) is 4.79 Å². The Hall–Kier alpha value is -1.85. The van der Waals surface area contributed by atoms with Gasteiger partial charge in [-0.2, -0.15) is 5.10 Å². The Labute approximate surface area is 134 Å². The second-order valence-corrected chi connectivity index (χ2v) is 6.42. The maximum absolute atomic E-state index is 12.4. The number of carbonyl (C=O) groups is 1. The molecule has 0 aliphatic carbocycles. The number of amides is 1. The predicted molar refractivity (Wildman–Crippen MR) is 86.9 cm³/mol. The minimum absolute atomic E-state index is 0.102. The highest BCUT2D eigenvalue weighted by atomic mass is 35.5. The summed E-state index contributed by atoms with van der Waals surface area (Å²) in [5.74, 6) is -0.190. The molecule has 0 aliphatic rings. The third-order valence-corrected chi connectivity index (χ3v) is 3.78. The molecule has 0 bridgehead atoms. The maximum Gasteiger partial charge on any atom is 0.255 e. The Morgan fingerprint density at radius 3 is 2.68 bits per heavy atom. The van der Waals surface area contributed by atoms with Gasteiger partial charge in [-0.1, -0.05) is 37.6 Å². The van der Waals surface area contributed by atoms with Crippen LogP contribution in [0, 0.1) is 5.41 Å². The Morgan fingerprint density at radius 2 is 2.05 bits per heavy atom. The van der Waals surface area contributed by atoms with Gasteiger partial charge in [0.05, 0.1) is 17.5 Å². The molecule has 1 aromatic carbocycles. The Morgan fingerprint density at radius 1 is 1.36 bits per heavy atom. The largest absolute Gasteiger partial charge is 0.396 e. The van der Waals surface area contributed by atoms with E-state index in [-0.39, 0.29) is 17.9 Å². The zero-order valence-electron chi connectivity index (χ0n) is 12.7. The van der Waals surface area contributed by atoms with E-state index >= 15 is 0 Å². The zero-order valence-corrected chi connectivity index (χ0v) is 13.4. The number of nitrogens with zero attached hydrogens (tertiary/aromatic N) is 1. The molecule has 0 saturated heterocycles. The van der Waals surface area contributed by atoms with Gasteiger partial charge < -0.3 is 10.4 Å². The van der Waals surface area contributed by atoms with Gasteiger partial charge >= 0.3 is 0 Å². The molecule has 0 radical (unpaired) electrons. The van der Waals surface area contributed by atoms with Gasteiger partial charge in [0, 0.05) is 23.7 Å². The molecule has 1 heterocycles. The van der Waals surface area contributed by atoms with Crippen LogP contribution in [-0.4, -0.2) is 34.4 Å². The summed E-state index contributed by atoms with van der Waals surface area (Å²) in [6, 6.07) is 7.21. The second kappa shape index (κ2) is 6.94. The van der Waals surface area contributed by atoms with Gasteiger partial charge in [-0.3, -0.25) is 9.89 Å². The summed E-state index contributed by atoms with van der Waals surface area (Å²) in [5.41, 5.74) is 1.84. The zero-order chi connectivity index (χ0) is 16.2. The number of carbonyl (C=O) groups excluding carboxylic acids is 1. The van der Waals surface area contributed by atoms with Crippen molar-refractivity contribution in [2.24, 2.45) is 5.41 Å². The molecule has 0 spiro atoms. The first-order chi connectivity index (χ1) is 10.4. The summed E-state index contributed by atoms with van der Waals surface area (Å²) in [6.45, 7) is 4.58. The number of H-pyrrole nitrogens is 1. The van der Waals surface area contributed by atoms with Gasteiger partial charge in [-0.25, -0.2) is 0 Å². The molecule has 1 aromatic heterocycles. The number of hydrogen-bond donors (Lipinski definition) is 3. The predicted octanol–water partition coefficient (Wildman–Crippen LogP) is 2.87. The quantitative estimate of drug-likeness (QED) is 0.765. The number of nitrogens with one attached hydrogen (secondary N) is 2. The molecule has 5 nitrogen and oxygen atoms in total. The standard InChI is InChI=1S/C16H20ClN3O2/c1-16(2,7-8-21)10-18-15(22)13-9-19-20-14(13)11-3-5-12(17)6-4-11/h3-6,9,21H,7-8,10H2,1-2H3,(H,18,22)(H,19,20). The minimum atomic E-state index is -0.190. The molecule has 2 rings (SSSR count). The van der Waals surface area contributed by atoms with Crippen LogP contribution in [0.5, 0.6) is 0 Å². The first-order valence-corrected chi connectivity index (χ1v) is 7.49. The maximum atomic E-state index is 12.4. The molecular weight excluding hydrogens is 302 g/mol. The Balaban J connectivity index is 2.12. The molecule has 0 unspecified atom stereocenters. The highest BCUT2D eigenvalue weighted by molar-refractivity contribution is 6.30. The number of hydrogen-bond acceptors (Lipinski definition) is 3. The van der Waals surface area contributed by atoms with Crippen molar-refractivity contribution in [3.05, 3.63) is 41.0 Å². The highest BCUT2D eigenvalue weighted by Crippen LogP contribution is 2.23. The third kappa shape index (κ3) is 4.08. The molecule has 1 amide bonds. The number of aliphatic hydroxyl groups excluding tert-OH is 1. The van der Waals surface area contributed by atoms with Crippen LogP contribution < -0.4 is 5.32 Å². The van der Waals surface area contributed by atoms with Crippen LogP contribution in [0.25, 0.3) is 11.3 Å². The lowest BCUT2D eigenvalue weighted by Crippen LogP contribution is -2.34. The molecule has 22 heavy (non-hydrogen) atoms. The summed E-state index contributed by atoms with van der Waals surface area (Å²) in [7, 11) is 0. The van der Waals surface area contributed by atoms with Gasteiger partial charge in [0.2, 0.25) is 0 Å². The van der Waals surface area contributed by atoms with Gasteiger partial charge in [0.25, 0.3) is 5.91 Å². The summed E-state index contributed by atoms with van der Waals surface area (Å²) < 4.78 is 0. The van der Waals surface area contributed by atoms with E-state index in [1.54, 1.807) is 12.1 Å². The Kier molecular flexibility index (Phi) is 5.21. The van der Waals surface area contributed by atoms with Gasteiger partial charge in [0.15, 0.2) is 0 Å². The summed E-state index contributed by atoms with van der Waals surface area (Å²) in [6.07, 6.45) is 2.14. The fourth-order valence-electron chi connectivity index (χ4n) is 2.10. The lowest BCUT2D eigenvalue weighted by molar-refractivity contribution is 0.0929. The lowest BCUT2D eigenvalue weighted by atomic mass is 9.89. The number of rotatable bonds is 6. The summed E-state index contributed by atoms with van der Waals surface area (Å²) >= 11 is 5.88. The van der Waals surface area contributed by atoms with Crippen molar-refractivity contribution >= 4 is 17.5 Å². The SMILES string of the molecule is CC(C)(CCO)CNC(=O)c1cn[nH]c1-c1ccc(Cl)cc1. The number of aromatic amines is 1. The van der Waals surface area contributed by atoms with Crippen molar-refractivity contribution in [1.29, 1.82) is 0 Å². The number of aliphatic hydroxyl groups is 1. The van der Waals surface area contributed by atoms with Crippen molar-refractivity contribution in [1.82, 2.24) is 15.5 Å².